The summed E-state index contributed by atoms with van der Waals surface area (Å²) >= 11 is 6.22. The first-order chi connectivity index (χ1) is 13.0. The van der Waals surface area contributed by atoms with Gasteiger partial charge in [0.25, 0.3) is 5.91 Å². The molecule has 0 atom stereocenters. The van der Waals surface area contributed by atoms with Crippen molar-refractivity contribution >= 4 is 23.2 Å². The number of carbonyl (C=O) groups excluding carboxylic acids is 1. The summed E-state index contributed by atoms with van der Waals surface area (Å²) in [7, 11) is 1.69. The fourth-order valence-corrected chi connectivity index (χ4v) is 3.01. The molecular weight excluding hydrogens is 368 g/mol. The minimum Gasteiger partial charge on any atom is -0.454 e. The molecule has 8 heteroatoms. The van der Waals surface area contributed by atoms with E-state index in [2.05, 4.69) is 10.1 Å². The van der Waals surface area contributed by atoms with Crippen LogP contribution in [0.2, 0.25) is 5.02 Å². The van der Waals surface area contributed by atoms with Gasteiger partial charge in [-0.3, -0.25) is 4.79 Å². The standard InChI is InChI=1S/C19H17ClN4O3/c1-11-18(20)12(2)24(22-11)17-6-4-5-14(21-17)19(25)23(3)13-7-8-15-16(9-13)27-10-26-15/h4-9H,10H2,1-3H3. The maximum absolute atomic E-state index is 12.9. The second-order valence-electron chi connectivity index (χ2n) is 6.18. The third-order valence-electron chi connectivity index (χ3n) is 4.42. The third kappa shape index (κ3) is 3.00. The van der Waals surface area contributed by atoms with Gasteiger partial charge < -0.3 is 14.4 Å². The van der Waals surface area contributed by atoms with E-state index in [0.29, 0.717) is 39.4 Å². The van der Waals surface area contributed by atoms with Crippen molar-refractivity contribution in [1.82, 2.24) is 14.8 Å². The lowest BCUT2D eigenvalue weighted by Gasteiger charge is -2.17. The Morgan fingerprint density at radius 1 is 1.19 bits per heavy atom. The van der Waals surface area contributed by atoms with Crippen molar-refractivity contribution in [3.05, 3.63) is 58.5 Å². The summed E-state index contributed by atoms with van der Waals surface area (Å²) in [6, 6.07) is 10.6. The van der Waals surface area contributed by atoms with Crippen molar-refractivity contribution in [2.45, 2.75) is 13.8 Å². The van der Waals surface area contributed by atoms with E-state index in [1.165, 1.54) is 4.90 Å². The minimum atomic E-state index is -0.247. The Bertz CT molecular complexity index is 1050. The quantitative estimate of drug-likeness (QED) is 0.690. The second-order valence-corrected chi connectivity index (χ2v) is 6.56. The second kappa shape index (κ2) is 6.59. The number of ether oxygens (including phenoxy) is 2. The van der Waals surface area contributed by atoms with Gasteiger partial charge in [0.1, 0.15) is 5.69 Å². The lowest BCUT2D eigenvalue weighted by molar-refractivity contribution is 0.0988. The molecule has 2 aromatic heterocycles. The summed E-state index contributed by atoms with van der Waals surface area (Å²) < 4.78 is 12.3. The number of anilines is 1. The fraction of sp³-hybridized carbons (Fsp3) is 0.211. The van der Waals surface area contributed by atoms with Crippen LogP contribution in [0.1, 0.15) is 21.9 Å². The van der Waals surface area contributed by atoms with Crippen molar-refractivity contribution in [3.63, 3.8) is 0 Å². The number of rotatable bonds is 3. The number of aromatic nitrogens is 3. The van der Waals surface area contributed by atoms with Gasteiger partial charge >= 0.3 is 0 Å². The summed E-state index contributed by atoms with van der Waals surface area (Å²) in [5.74, 6) is 1.57. The predicted octanol–water partition coefficient (Wildman–Crippen LogP) is 3.54. The van der Waals surface area contributed by atoms with Crippen molar-refractivity contribution in [3.8, 4) is 17.3 Å². The molecule has 1 amide bonds. The Balaban J connectivity index is 1.65. The number of hydrogen-bond donors (Lipinski definition) is 0. The topological polar surface area (TPSA) is 69.5 Å². The maximum atomic E-state index is 12.9. The van der Waals surface area contributed by atoms with Gasteiger partial charge in [-0.15, -0.1) is 0 Å². The molecule has 0 bridgehead atoms. The number of aryl methyl sites for hydroxylation is 1. The molecule has 3 heterocycles. The molecule has 4 rings (SSSR count). The van der Waals surface area contributed by atoms with Crippen LogP contribution in [0.4, 0.5) is 5.69 Å². The molecule has 1 aliphatic rings. The van der Waals surface area contributed by atoms with E-state index in [9.17, 15) is 4.79 Å². The van der Waals surface area contributed by atoms with Gasteiger partial charge in [-0.2, -0.15) is 5.10 Å². The zero-order valence-electron chi connectivity index (χ0n) is 15.1. The molecule has 1 aliphatic heterocycles. The van der Waals surface area contributed by atoms with Crippen LogP contribution in [0.15, 0.2) is 36.4 Å². The molecule has 0 radical (unpaired) electrons. The van der Waals surface area contributed by atoms with Gasteiger partial charge in [0.15, 0.2) is 17.3 Å². The van der Waals surface area contributed by atoms with Gasteiger partial charge in [0, 0.05) is 18.8 Å². The smallest absolute Gasteiger partial charge is 0.276 e. The van der Waals surface area contributed by atoms with Crippen molar-refractivity contribution in [1.29, 1.82) is 0 Å². The van der Waals surface area contributed by atoms with E-state index >= 15 is 0 Å². The van der Waals surface area contributed by atoms with E-state index in [1.807, 2.05) is 13.8 Å². The van der Waals surface area contributed by atoms with Gasteiger partial charge in [-0.25, -0.2) is 9.67 Å². The Labute approximate surface area is 161 Å². The highest BCUT2D eigenvalue weighted by Gasteiger charge is 2.20. The first-order valence-corrected chi connectivity index (χ1v) is 8.70. The summed E-state index contributed by atoms with van der Waals surface area (Å²) in [6.45, 7) is 3.87. The number of nitrogens with zero attached hydrogens (tertiary/aromatic N) is 4. The zero-order valence-corrected chi connectivity index (χ0v) is 15.8. The van der Waals surface area contributed by atoms with Crippen LogP contribution in [-0.4, -0.2) is 34.5 Å². The SMILES string of the molecule is Cc1nn(-c2cccc(C(=O)N(C)c3ccc4c(c3)OCO4)n2)c(C)c1Cl. The molecule has 27 heavy (non-hydrogen) atoms. The van der Waals surface area contributed by atoms with E-state index < -0.39 is 0 Å². The Hall–Kier alpha value is -3.06. The molecular formula is C19H17ClN4O3. The first kappa shape index (κ1) is 17.4. The van der Waals surface area contributed by atoms with Crippen LogP contribution in [0, 0.1) is 13.8 Å². The average Bonchev–Trinajstić information content (AvgIpc) is 3.26. The number of hydrogen-bond acceptors (Lipinski definition) is 5. The van der Waals surface area contributed by atoms with Crippen LogP contribution in [0.25, 0.3) is 5.82 Å². The lowest BCUT2D eigenvalue weighted by atomic mass is 10.2. The summed E-state index contributed by atoms with van der Waals surface area (Å²) in [5.41, 5.74) is 2.47. The van der Waals surface area contributed by atoms with Crippen LogP contribution in [-0.2, 0) is 0 Å². The highest BCUT2D eigenvalue weighted by Crippen LogP contribution is 2.35. The number of amides is 1. The van der Waals surface area contributed by atoms with Crippen LogP contribution in [0.3, 0.4) is 0 Å². The number of carbonyl (C=O) groups is 1. The van der Waals surface area contributed by atoms with Crippen LogP contribution >= 0.6 is 11.6 Å². The predicted molar refractivity (Wildman–Crippen MR) is 101 cm³/mol. The average molecular weight is 385 g/mol. The van der Waals surface area contributed by atoms with E-state index in [-0.39, 0.29) is 12.7 Å². The molecule has 0 saturated carbocycles. The molecule has 1 aromatic carbocycles. The number of fused-ring (bicyclic) bond motifs is 1. The normalized spacial score (nSPS) is 12.3. The third-order valence-corrected chi connectivity index (χ3v) is 4.97. The summed E-state index contributed by atoms with van der Waals surface area (Å²) in [6.07, 6.45) is 0. The maximum Gasteiger partial charge on any atom is 0.276 e. The monoisotopic (exact) mass is 384 g/mol. The van der Waals surface area contributed by atoms with Crippen LogP contribution < -0.4 is 14.4 Å². The number of halogens is 1. The Morgan fingerprint density at radius 2 is 1.96 bits per heavy atom. The molecule has 0 saturated heterocycles. The molecule has 0 unspecified atom stereocenters. The van der Waals surface area contributed by atoms with E-state index in [0.717, 1.165) is 5.69 Å². The molecule has 0 fully saturated rings. The van der Waals surface area contributed by atoms with E-state index in [1.54, 1.807) is 48.1 Å². The number of benzene rings is 1. The molecule has 3 aromatic rings. The molecule has 0 aliphatic carbocycles. The molecule has 7 nitrogen and oxygen atoms in total. The van der Waals surface area contributed by atoms with Crippen LogP contribution in [0.5, 0.6) is 11.5 Å². The van der Waals surface area contributed by atoms with Gasteiger partial charge in [0.2, 0.25) is 6.79 Å². The van der Waals surface area contributed by atoms with Gasteiger partial charge in [-0.1, -0.05) is 17.7 Å². The highest BCUT2D eigenvalue weighted by atomic mass is 35.5. The van der Waals surface area contributed by atoms with E-state index in [4.69, 9.17) is 21.1 Å². The van der Waals surface area contributed by atoms with Gasteiger partial charge in [-0.05, 0) is 38.1 Å². The van der Waals surface area contributed by atoms with Crippen molar-refractivity contribution in [2.75, 3.05) is 18.7 Å². The largest absolute Gasteiger partial charge is 0.454 e. The molecule has 0 spiro atoms. The highest BCUT2D eigenvalue weighted by molar-refractivity contribution is 6.31. The zero-order chi connectivity index (χ0) is 19.1. The first-order valence-electron chi connectivity index (χ1n) is 8.32. The van der Waals surface area contributed by atoms with Crippen molar-refractivity contribution < 1.29 is 14.3 Å². The lowest BCUT2D eigenvalue weighted by Crippen LogP contribution is -2.27. The summed E-state index contributed by atoms with van der Waals surface area (Å²) in [5, 5.41) is 4.98. The van der Waals surface area contributed by atoms with Gasteiger partial charge in [0.05, 0.1) is 16.4 Å². The Kier molecular flexibility index (Phi) is 4.24. The number of pyridine rings is 1. The fourth-order valence-electron chi connectivity index (χ4n) is 2.89. The molecule has 0 N–H and O–H groups in total. The molecule has 138 valence electrons. The Morgan fingerprint density at radius 3 is 2.70 bits per heavy atom. The summed E-state index contributed by atoms with van der Waals surface area (Å²) in [4.78, 5) is 18.9. The minimum absolute atomic E-state index is 0.186. The van der Waals surface area contributed by atoms with Crippen molar-refractivity contribution in [2.24, 2.45) is 0 Å².